The molecule has 0 aliphatic rings. The Balaban J connectivity index is 1.63. The molecule has 1 atom stereocenters. The summed E-state index contributed by atoms with van der Waals surface area (Å²) >= 11 is 6.15. The van der Waals surface area contributed by atoms with Gasteiger partial charge in [-0.1, -0.05) is 23.7 Å². The van der Waals surface area contributed by atoms with Crippen LogP contribution >= 0.6 is 11.6 Å². The fourth-order valence-electron chi connectivity index (χ4n) is 2.91. The average molecular weight is 388 g/mol. The second-order valence-corrected chi connectivity index (χ2v) is 6.89. The molecule has 0 fully saturated rings. The first kappa shape index (κ1) is 19.0. The molecule has 1 unspecified atom stereocenters. The van der Waals surface area contributed by atoms with Gasteiger partial charge in [-0.05, 0) is 44.5 Å². The number of aryl methyl sites for hydroxylation is 3. The molecule has 142 valence electrons. The van der Waals surface area contributed by atoms with E-state index in [4.69, 9.17) is 20.8 Å². The van der Waals surface area contributed by atoms with Crippen molar-refractivity contribution in [3.05, 3.63) is 69.9 Å². The molecule has 2 heterocycles. The van der Waals surface area contributed by atoms with Gasteiger partial charge in [0, 0.05) is 18.8 Å². The lowest BCUT2D eigenvalue weighted by Gasteiger charge is -2.12. The summed E-state index contributed by atoms with van der Waals surface area (Å²) in [5.74, 6) is 1.11. The third kappa shape index (κ3) is 4.34. The van der Waals surface area contributed by atoms with Crippen LogP contribution in [0.5, 0.6) is 5.75 Å². The molecule has 1 N–H and O–H groups in total. The Hall–Kier alpha value is -2.73. The van der Waals surface area contributed by atoms with Gasteiger partial charge in [-0.25, -0.2) is 0 Å². The lowest BCUT2D eigenvalue weighted by Crippen LogP contribution is -2.26. The SMILES string of the molecule is Cc1cccc(Cl)c1OCc1ccc(C(=O)NC(C)c2cn(C)nc2C)o1. The van der Waals surface area contributed by atoms with E-state index in [2.05, 4.69) is 10.4 Å². The number of hydrogen-bond donors (Lipinski definition) is 1. The summed E-state index contributed by atoms with van der Waals surface area (Å²) in [6.07, 6.45) is 1.90. The van der Waals surface area contributed by atoms with Crippen LogP contribution in [0.15, 0.2) is 40.9 Å². The van der Waals surface area contributed by atoms with Crippen molar-refractivity contribution < 1.29 is 13.9 Å². The summed E-state index contributed by atoms with van der Waals surface area (Å²) in [5.41, 5.74) is 2.79. The molecule has 7 heteroatoms. The highest BCUT2D eigenvalue weighted by Gasteiger charge is 2.18. The second-order valence-electron chi connectivity index (χ2n) is 6.48. The Labute approximate surface area is 163 Å². The zero-order chi connectivity index (χ0) is 19.6. The van der Waals surface area contributed by atoms with E-state index in [9.17, 15) is 4.79 Å². The quantitative estimate of drug-likeness (QED) is 0.682. The Morgan fingerprint density at radius 3 is 2.78 bits per heavy atom. The number of benzene rings is 1. The number of carbonyl (C=O) groups excluding carboxylic acids is 1. The van der Waals surface area contributed by atoms with E-state index in [-0.39, 0.29) is 24.3 Å². The van der Waals surface area contributed by atoms with Crippen LogP contribution in [0.25, 0.3) is 0 Å². The molecule has 1 amide bonds. The molecule has 0 saturated heterocycles. The van der Waals surface area contributed by atoms with Crippen LogP contribution in [0.2, 0.25) is 5.02 Å². The molecule has 0 saturated carbocycles. The van der Waals surface area contributed by atoms with E-state index in [0.717, 1.165) is 16.8 Å². The van der Waals surface area contributed by atoms with E-state index in [1.165, 1.54) is 0 Å². The molecule has 0 radical (unpaired) electrons. The summed E-state index contributed by atoms with van der Waals surface area (Å²) in [4.78, 5) is 12.4. The maximum absolute atomic E-state index is 12.4. The van der Waals surface area contributed by atoms with Crippen molar-refractivity contribution in [2.75, 3.05) is 0 Å². The standard InChI is InChI=1S/C20H22ClN3O3/c1-12-6-5-7-17(21)19(12)26-11-15-8-9-18(27-15)20(25)22-13(2)16-10-24(4)23-14(16)3/h5-10,13H,11H2,1-4H3,(H,22,25). The largest absolute Gasteiger partial charge is 0.484 e. The van der Waals surface area contributed by atoms with E-state index >= 15 is 0 Å². The zero-order valence-corrected chi connectivity index (χ0v) is 16.5. The van der Waals surface area contributed by atoms with Gasteiger partial charge in [-0.3, -0.25) is 9.48 Å². The fourth-order valence-corrected chi connectivity index (χ4v) is 3.19. The van der Waals surface area contributed by atoms with Crippen LogP contribution in [0, 0.1) is 13.8 Å². The molecule has 2 aromatic heterocycles. The van der Waals surface area contributed by atoms with Gasteiger partial charge >= 0.3 is 0 Å². The minimum Gasteiger partial charge on any atom is -0.484 e. The lowest BCUT2D eigenvalue weighted by atomic mass is 10.1. The predicted molar refractivity (Wildman–Crippen MR) is 103 cm³/mol. The van der Waals surface area contributed by atoms with E-state index in [0.29, 0.717) is 16.5 Å². The van der Waals surface area contributed by atoms with Crippen molar-refractivity contribution in [2.45, 2.75) is 33.4 Å². The van der Waals surface area contributed by atoms with Crippen molar-refractivity contribution in [1.82, 2.24) is 15.1 Å². The summed E-state index contributed by atoms with van der Waals surface area (Å²) in [7, 11) is 1.85. The average Bonchev–Trinajstić information content (AvgIpc) is 3.20. The number of aromatic nitrogens is 2. The lowest BCUT2D eigenvalue weighted by molar-refractivity contribution is 0.0907. The van der Waals surface area contributed by atoms with E-state index in [1.807, 2.05) is 46.1 Å². The second kappa shape index (κ2) is 7.88. The molecule has 0 aliphatic carbocycles. The number of para-hydroxylation sites is 1. The molecule has 0 bridgehead atoms. The highest BCUT2D eigenvalue weighted by molar-refractivity contribution is 6.32. The van der Waals surface area contributed by atoms with Crippen LogP contribution in [0.1, 0.15) is 46.1 Å². The number of amides is 1. The van der Waals surface area contributed by atoms with E-state index < -0.39 is 0 Å². The maximum Gasteiger partial charge on any atom is 0.287 e. The van der Waals surface area contributed by atoms with Gasteiger partial charge in [-0.2, -0.15) is 5.10 Å². The third-order valence-electron chi connectivity index (χ3n) is 4.27. The molecule has 3 rings (SSSR count). The smallest absolute Gasteiger partial charge is 0.287 e. The number of hydrogen-bond acceptors (Lipinski definition) is 4. The molecular formula is C20H22ClN3O3. The minimum atomic E-state index is -0.286. The molecule has 1 aromatic carbocycles. The summed E-state index contributed by atoms with van der Waals surface area (Å²) in [6.45, 7) is 5.94. The Bertz CT molecular complexity index is 941. The number of nitrogens with one attached hydrogen (secondary N) is 1. The van der Waals surface area contributed by atoms with Crippen LogP contribution in [-0.2, 0) is 13.7 Å². The van der Waals surface area contributed by atoms with Crippen molar-refractivity contribution >= 4 is 17.5 Å². The topological polar surface area (TPSA) is 69.3 Å². The Morgan fingerprint density at radius 1 is 1.33 bits per heavy atom. The summed E-state index contributed by atoms with van der Waals surface area (Å²) < 4.78 is 13.1. The number of carbonyl (C=O) groups is 1. The highest BCUT2D eigenvalue weighted by Crippen LogP contribution is 2.28. The third-order valence-corrected chi connectivity index (χ3v) is 4.57. The van der Waals surface area contributed by atoms with Gasteiger partial charge in [0.2, 0.25) is 0 Å². The number of nitrogens with zero attached hydrogens (tertiary/aromatic N) is 2. The summed E-state index contributed by atoms with van der Waals surface area (Å²) in [6, 6.07) is 8.74. The zero-order valence-electron chi connectivity index (χ0n) is 15.7. The number of halogens is 1. The Kier molecular flexibility index (Phi) is 5.56. The van der Waals surface area contributed by atoms with Crippen LogP contribution in [0.3, 0.4) is 0 Å². The van der Waals surface area contributed by atoms with Crippen molar-refractivity contribution in [3.8, 4) is 5.75 Å². The van der Waals surface area contributed by atoms with Gasteiger partial charge in [0.1, 0.15) is 18.1 Å². The first-order valence-electron chi connectivity index (χ1n) is 8.62. The van der Waals surface area contributed by atoms with Crippen LogP contribution < -0.4 is 10.1 Å². The fraction of sp³-hybridized carbons (Fsp3) is 0.300. The first-order chi connectivity index (χ1) is 12.8. The van der Waals surface area contributed by atoms with Gasteiger partial charge in [0.25, 0.3) is 5.91 Å². The highest BCUT2D eigenvalue weighted by atomic mass is 35.5. The van der Waals surface area contributed by atoms with Gasteiger partial charge in [0.05, 0.1) is 16.8 Å². The van der Waals surface area contributed by atoms with Crippen LogP contribution in [0.4, 0.5) is 0 Å². The minimum absolute atomic E-state index is 0.179. The predicted octanol–water partition coefficient (Wildman–Crippen LogP) is 4.35. The first-order valence-corrected chi connectivity index (χ1v) is 9.00. The number of ether oxygens (including phenoxy) is 1. The Morgan fingerprint density at radius 2 is 2.11 bits per heavy atom. The molecular weight excluding hydrogens is 366 g/mol. The molecule has 0 aliphatic heterocycles. The van der Waals surface area contributed by atoms with Crippen LogP contribution in [-0.4, -0.2) is 15.7 Å². The number of furan rings is 1. The molecule has 6 nitrogen and oxygen atoms in total. The number of rotatable bonds is 6. The van der Waals surface area contributed by atoms with Crippen molar-refractivity contribution in [2.24, 2.45) is 7.05 Å². The van der Waals surface area contributed by atoms with Gasteiger partial charge < -0.3 is 14.5 Å². The van der Waals surface area contributed by atoms with Crippen molar-refractivity contribution in [3.63, 3.8) is 0 Å². The maximum atomic E-state index is 12.4. The van der Waals surface area contributed by atoms with Gasteiger partial charge in [0.15, 0.2) is 5.76 Å². The molecule has 3 aromatic rings. The molecule has 27 heavy (non-hydrogen) atoms. The van der Waals surface area contributed by atoms with Gasteiger partial charge in [-0.15, -0.1) is 0 Å². The van der Waals surface area contributed by atoms with Crippen molar-refractivity contribution in [1.29, 1.82) is 0 Å². The van der Waals surface area contributed by atoms with E-state index in [1.54, 1.807) is 22.9 Å². The monoisotopic (exact) mass is 387 g/mol. The normalized spacial score (nSPS) is 12.0. The summed E-state index contributed by atoms with van der Waals surface area (Å²) in [5, 5.41) is 7.76. The molecule has 0 spiro atoms.